The van der Waals surface area contributed by atoms with Crippen molar-refractivity contribution in [2.45, 2.75) is 12.4 Å². The molecule has 0 saturated carbocycles. The number of carbonyl (C=O) groups is 1. The van der Waals surface area contributed by atoms with Gasteiger partial charge < -0.3 is 10.4 Å². The highest BCUT2D eigenvalue weighted by Gasteiger charge is 2.42. The fourth-order valence-electron chi connectivity index (χ4n) is 1.90. The van der Waals surface area contributed by atoms with Gasteiger partial charge >= 0.3 is 12.4 Å². The number of aliphatic imine (C=N–C) groups is 1. The Balaban J connectivity index is 2.46. The normalized spacial score (nSPS) is 12.8. The number of hydrogen-bond acceptors (Lipinski definition) is 5. The van der Waals surface area contributed by atoms with Crippen LogP contribution in [0.3, 0.4) is 0 Å². The molecule has 0 aliphatic carbocycles. The summed E-state index contributed by atoms with van der Waals surface area (Å²) in [7, 11) is 0. The minimum absolute atomic E-state index is 0.298. The van der Waals surface area contributed by atoms with E-state index in [2.05, 4.69) is 15.0 Å². The first kappa shape index (κ1) is 19.1. The second-order valence-corrected chi connectivity index (χ2v) is 4.64. The molecule has 26 heavy (non-hydrogen) atoms. The highest BCUT2D eigenvalue weighted by atomic mass is 19.4. The summed E-state index contributed by atoms with van der Waals surface area (Å²) in [5.74, 6) is -2.34. The molecule has 0 atom stereocenters. The molecule has 1 amide bonds. The maximum atomic E-state index is 13.0. The SMILES string of the molecule is O=C(N/C([O-])=N/c1ncccn1)c1c(C(F)(F)F)cccc1C(F)(F)F. The van der Waals surface area contributed by atoms with Crippen LogP contribution in [0, 0.1) is 0 Å². The van der Waals surface area contributed by atoms with Crippen LogP contribution in [0.25, 0.3) is 0 Å². The van der Waals surface area contributed by atoms with Gasteiger partial charge in [0.25, 0.3) is 5.91 Å². The Bertz CT molecular complexity index is 801. The van der Waals surface area contributed by atoms with Crippen molar-refractivity contribution < 1.29 is 36.2 Å². The van der Waals surface area contributed by atoms with Crippen LogP contribution in [-0.4, -0.2) is 21.9 Å². The van der Waals surface area contributed by atoms with Crippen LogP contribution >= 0.6 is 0 Å². The van der Waals surface area contributed by atoms with E-state index in [4.69, 9.17) is 0 Å². The second kappa shape index (κ2) is 6.98. The standard InChI is InChI=1S/C14H8F6N4O2/c15-13(16,17)7-3-1-4-8(14(18,19)20)9(7)10(25)23-12(26)24-11-21-5-2-6-22-11/h1-6H,(H2,21,22,23,24,25,26)/p-1. The molecular weight excluding hydrogens is 370 g/mol. The van der Waals surface area contributed by atoms with E-state index in [1.807, 2.05) is 0 Å². The van der Waals surface area contributed by atoms with Crippen LogP contribution in [0.4, 0.5) is 32.3 Å². The van der Waals surface area contributed by atoms with Gasteiger partial charge in [-0.25, -0.2) is 15.0 Å². The first-order valence-corrected chi connectivity index (χ1v) is 6.61. The lowest BCUT2D eigenvalue weighted by atomic mass is 9.99. The number of aromatic nitrogens is 2. The van der Waals surface area contributed by atoms with Gasteiger partial charge in [-0.1, -0.05) is 6.07 Å². The topological polar surface area (TPSA) is 90.3 Å². The molecule has 0 radical (unpaired) electrons. The van der Waals surface area contributed by atoms with E-state index in [0.29, 0.717) is 18.2 Å². The number of hydrogen-bond donors (Lipinski definition) is 1. The second-order valence-electron chi connectivity index (χ2n) is 4.64. The Morgan fingerprint density at radius 3 is 1.92 bits per heavy atom. The van der Waals surface area contributed by atoms with Gasteiger partial charge in [0.15, 0.2) is 0 Å². The number of halogens is 6. The molecular formula is C14H7F6N4O2-. The molecule has 1 aromatic carbocycles. The summed E-state index contributed by atoms with van der Waals surface area (Å²) in [6, 6.07) is 0.952. The summed E-state index contributed by atoms with van der Waals surface area (Å²) in [6.45, 7) is 0. The third-order valence-corrected chi connectivity index (χ3v) is 2.88. The van der Waals surface area contributed by atoms with E-state index in [1.54, 1.807) is 0 Å². The number of rotatable bonds is 2. The molecule has 138 valence electrons. The Hall–Kier alpha value is -3.18. The van der Waals surface area contributed by atoms with Gasteiger partial charge in [0.05, 0.1) is 22.7 Å². The summed E-state index contributed by atoms with van der Waals surface area (Å²) < 4.78 is 77.9. The summed E-state index contributed by atoms with van der Waals surface area (Å²) in [5.41, 5.74) is -5.41. The van der Waals surface area contributed by atoms with Crippen molar-refractivity contribution >= 4 is 17.9 Å². The van der Waals surface area contributed by atoms with Crippen molar-refractivity contribution in [2.75, 3.05) is 0 Å². The van der Waals surface area contributed by atoms with Crippen LogP contribution in [0.5, 0.6) is 0 Å². The van der Waals surface area contributed by atoms with E-state index < -0.39 is 46.9 Å². The van der Waals surface area contributed by atoms with Crippen LogP contribution in [0.1, 0.15) is 21.5 Å². The highest BCUT2D eigenvalue weighted by molar-refractivity contribution is 6.05. The van der Waals surface area contributed by atoms with E-state index in [9.17, 15) is 36.2 Å². The van der Waals surface area contributed by atoms with Crippen LogP contribution in [0.15, 0.2) is 41.7 Å². The predicted octanol–water partition coefficient (Wildman–Crippen LogP) is 2.29. The summed E-state index contributed by atoms with van der Waals surface area (Å²) in [5, 5.41) is 12.9. The van der Waals surface area contributed by atoms with Gasteiger partial charge in [-0.3, -0.25) is 4.79 Å². The average Bonchev–Trinajstić information content (AvgIpc) is 2.53. The molecule has 2 rings (SSSR count). The summed E-state index contributed by atoms with van der Waals surface area (Å²) in [4.78, 5) is 22.1. The molecule has 2 aromatic rings. The number of amidine groups is 1. The third-order valence-electron chi connectivity index (χ3n) is 2.88. The zero-order chi connectivity index (χ0) is 19.5. The molecule has 0 bridgehead atoms. The molecule has 1 heterocycles. The first-order valence-electron chi connectivity index (χ1n) is 6.61. The molecule has 0 aliphatic rings. The van der Waals surface area contributed by atoms with Gasteiger partial charge in [-0.2, -0.15) is 26.3 Å². The molecule has 0 unspecified atom stereocenters. The van der Waals surface area contributed by atoms with Crippen molar-refractivity contribution in [3.8, 4) is 0 Å². The minimum Gasteiger partial charge on any atom is -0.846 e. The molecule has 12 heteroatoms. The first-order chi connectivity index (χ1) is 12.0. The molecule has 6 nitrogen and oxygen atoms in total. The van der Waals surface area contributed by atoms with Crippen LogP contribution < -0.4 is 10.4 Å². The number of alkyl halides is 6. The Kier molecular flexibility index (Phi) is 5.14. The van der Waals surface area contributed by atoms with Gasteiger partial charge in [0.1, 0.15) is 0 Å². The largest absolute Gasteiger partial charge is 0.846 e. The number of carbonyl (C=O) groups excluding carboxylic acids is 1. The fraction of sp³-hybridized carbons (Fsp3) is 0.143. The number of amides is 1. The van der Waals surface area contributed by atoms with Gasteiger partial charge in [-0.15, -0.1) is 0 Å². The van der Waals surface area contributed by atoms with E-state index in [1.165, 1.54) is 23.8 Å². The monoisotopic (exact) mass is 377 g/mol. The molecule has 1 N–H and O–H groups in total. The summed E-state index contributed by atoms with van der Waals surface area (Å²) >= 11 is 0. The quantitative estimate of drug-likeness (QED) is 0.494. The fourth-order valence-corrected chi connectivity index (χ4v) is 1.90. The highest BCUT2D eigenvalue weighted by Crippen LogP contribution is 2.39. The summed E-state index contributed by atoms with van der Waals surface area (Å²) in [6.07, 6.45) is -8.14. The maximum Gasteiger partial charge on any atom is 0.417 e. The van der Waals surface area contributed by atoms with Crippen molar-refractivity contribution in [1.82, 2.24) is 15.3 Å². The van der Waals surface area contributed by atoms with E-state index in [-0.39, 0.29) is 0 Å². The molecule has 0 spiro atoms. The zero-order valence-electron chi connectivity index (χ0n) is 12.4. The lowest BCUT2D eigenvalue weighted by Crippen LogP contribution is -2.41. The lowest BCUT2D eigenvalue weighted by Gasteiger charge is -2.19. The van der Waals surface area contributed by atoms with E-state index >= 15 is 0 Å². The van der Waals surface area contributed by atoms with Crippen molar-refractivity contribution in [1.29, 1.82) is 0 Å². The smallest absolute Gasteiger partial charge is 0.417 e. The van der Waals surface area contributed by atoms with Crippen molar-refractivity contribution in [2.24, 2.45) is 4.99 Å². The zero-order valence-corrected chi connectivity index (χ0v) is 12.4. The average molecular weight is 377 g/mol. The lowest BCUT2D eigenvalue weighted by molar-refractivity contribution is -0.220. The Morgan fingerprint density at radius 2 is 1.46 bits per heavy atom. The predicted molar refractivity (Wildman–Crippen MR) is 73.0 cm³/mol. The van der Waals surface area contributed by atoms with E-state index in [0.717, 1.165) is 0 Å². The van der Waals surface area contributed by atoms with Crippen molar-refractivity contribution in [3.05, 3.63) is 53.3 Å². The molecule has 0 aliphatic heterocycles. The molecule has 0 saturated heterocycles. The van der Waals surface area contributed by atoms with Crippen LogP contribution in [-0.2, 0) is 12.4 Å². The van der Waals surface area contributed by atoms with Crippen LogP contribution in [0.2, 0.25) is 0 Å². The molecule has 1 aromatic heterocycles. The minimum atomic E-state index is -5.25. The number of benzene rings is 1. The van der Waals surface area contributed by atoms with Gasteiger partial charge in [-0.05, 0) is 18.2 Å². The number of nitrogens with zero attached hydrogens (tertiary/aromatic N) is 3. The maximum absolute atomic E-state index is 13.0. The Labute approximate surface area is 141 Å². The van der Waals surface area contributed by atoms with Gasteiger partial charge in [0.2, 0.25) is 5.95 Å². The molecule has 0 fully saturated rings. The van der Waals surface area contributed by atoms with Crippen molar-refractivity contribution in [3.63, 3.8) is 0 Å². The third kappa shape index (κ3) is 4.46. The number of nitrogens with one attached hydrogen (secondary N) is 1. The Morgan fingerprint density at radius 1 is 0.962 bits per heavy atom. The van der Waals surface area contributed by atoms with Gasteiger partial charge in [0, 0.05) is 12.4 Å².